The van der Waals surface area contributed by atoms with Gasteiger partial charge < -0.3 is 0 Å². The van der Waals surface area contributed by atoms with E-state index < -0.39 is 5.82 Å². The van der Waals surface area contributed by atoms with Crippen molar-refractivity contribution in [1.82, 2.24) is 0 Å². The van der Waals surface area contributed by atoms with Gasteiger partial charge in [0.05, 0.1) is 10.6 Å². The molecule has 0 aromatic heterocycles. The third-order valence-electron chi connectivity index (χ3n) is 2.27. The smallest absolute Gasteiger partial charge is 0.196 e. The van der Waals surface area contributed by atoms with Crippen LogP contribution in [0.5, 0.6) is 0 Å². The van der Waals surface area contributed by atoms with Gasteiger partial charge in [0, 0.05) is 10.0 Å². The molecule has 0 aliphatic heterocycles. The van der Waals surface area contributed by atoms with Gasteiger partial charge in [-0.3, -0.25) is 4.79 Å². The third-order valence-corrected chi connectivity index (χ3v) is 3.01. The molecule has 4 heteroatoms. The van der Waals surface area contributed by atoms with E-state index in [-0.39, 0.29) is 16.4 Å². The topological polar surface area (TPSA) is 17.1 Å². The molecule has 0 bridgehead atoms. The molecule has 17 heavy (non-hydrogen) atoms. The number of rotatable bonds is 2. The Kier molecular flexibility index (Phi) is 3.60. The molecule has 2 aromatic rings. The highest BCUT2D eigenvalue weighted by atomic mass is 79.9. The van der Waals surface area contributed by atoms with Crippen LogP contribution in [-0.4, -0.2) is 5.78 Å². The molecule has 0 fully saturated rings. The van der Waals surface area contributed by atoms with E-state index in [0.717, 1.165) is 0 Å². The Bertz CT molecular complexity index is 569. The number of ketones is 1. The SMILES string of the molecule is O=C(c1ccccc1)c1cc(Br)cc(Cl)c1F. The molecular weight excluding hydrogens is 306 g/mol. The van der Waals surface area contributed by atoms with E-state index in [9.17, 15) is 9.18 Å². The van der Waals surface area contributed by atoms with Gasteiger partial charge in [-0.2, -0.15) is 0 Å². The predicted octanol–water partition coefficient (Wildman–Crippen LogP) is 4.47. The Hall–Kier alpha value is -1.19. The zero-order valence-corrected chi connectivity index (χ0v) is 10.9. The van der Waals surface area contributed by atoms with Crippen molar-refractivity contribution in [3.63, 3.8) is 0 Å². The van der Waals surface area contributed by atoms with Crippen molar-refractivity contribution in [3.8, 4) is 0 Å². The maximum atomic E-state index is 13.7. The quantitative estimate of drug-likeness (QED) is 0.590. The lowest BCUT2D eigenvalue weighted by atomic mass is 10.0. The summed E-state index contributed by atoms with van der Waals surface area (Å²) in [4.78, 5) is 12.1. The van der Waals surface area contributed by atoms with Gasteiger partial charge in [0.15, 0.2) is 11.6 Å². The molecule has 0 radical (unpaired) electrons. The minimum Gasteiger partial charge on any atom is -0.288 e. The Labute approximate surface area is 111 Å². The Morgan fingerprint density at radius 3 is 2.47 bits per heavy atom. The van der Waals surface area contributed by atoms with Crippen molar-refractivity contribution in [3.05, 3.63) is 68.9 Å². The third kappa shape index (κ3) is 2.56. The van der Waals surface area contributed by atoms with E-state index in [1.54, 1.807) is 30.3 Å². The molecule has 0 aliphatic carbocycles. The second-order valence-electron chi connectivity index (χ2n) is 3.44. The second-order valence-corrected chi connectivity index (χ2v) is 4.77. The molecule has 2 aromatic carbocycles. The van der Waals surface area contributed by atoms with Crippen molar-refractivity contribution in [2.45, 2.75) is 0 Å². The van der Waals surface area contributed by atoms with Crippen LogP contribution < -0.4 is 0 Å². The molecule has 0 amide bonds. The van der Waals surface area contributed by atoms with Crippen molar-refractivity contribution >= 4 is 33.3 Å². The van der Waals surface area contributed by atoms with Gasteiger partial charge in [-0.15, -0.1) is 0 Å². The minimum absolute atomic E-state index is 0.0319. The minimum atomic E-state index is -0.691. The number of benzene rings is 2. The Morgan fingerprint density at radius 1 is 1.18 bits per heavy atom. The van der Waals surface area contributed by atoms with E-state index in [1.165, 1.54) is 12.1 Å². The summed E-state index contributed by atoms with van der Waals surface area (Å²) in [5, 5.41) is -0.0707. The van der Waals surface area contributed by atoms with E-state index in [4.69, 9.17) is 11.6 Å². The first kappa shape index (κ1) is 12.3. The van der Waals surface area contributed by atoms with Gasteiger partial charge in [-0.1, -0.05) is 57.9 Å². The van der Waals surface area contributed by atoms with Crippen LogP contribution in [0.15, 0.2) is 46.9 Å². The van der Waals surface area contributed by atoms with Crippen molar-refractivity contribution in [2.24, 2.45) is 0 Å². The summed E-state index contributed by atoms with van der Waals surface area (Å²) < 4.78 is 14.3. The van der Waals surface area contributed by atoms with Crippen molar-refractivity contribution in [1.29, 1.82) is 0 Å². The molecule has 0 aliphatic rings. The molecule has 2 rings (SSSR count). The fourth-order valence-electron chi connectivity index (χ4n) is 1.47. The molecule has 1 nitrogen and oxygen atoms in total. The summed E-state index contributed by atoms with van der Waals surface area (Å²) in [5.41, 5.74) is 0.399. The van der Waals surface area contributed by atoms with E-state index in [0.29, 0.717) is 10.0 Å². The van der Waals surface area contributed by atoms with Gasteiger partial charge in [-0.25, -0.2) is 4.39 Å². The van der Waals surface area contributed by atoms with Crippen LogP contribution in [0.3, 0.4) is 0 Å². The monoisotopic (exact) mass is 312 g/mol. The van der Waals surface area contributed by atoms with E-state index >= 15 is 0 Å². The summed E-state index contributed by atoms with van der Waals surface area (Å²) in [6.07, 6.45) is 0. The lowest BCUT2D eigenvalue weighted by Gasteiger charge is -2.05. The summed E-state index contributed by atoms with van der Waals surface area (Å²) >= 11 is 8.88. The Morgan fingerprint density at radius 2 is 1.82 bits per heavy atom. The molecule has 0 heterocycles. The summed E-state index contributed by atoms with van der Waals surface area (Å²) in [7, 11) is 0. The highest BCUT2D eigenvalue weighted by molar-refractivity contribution is 9.10. The van der Waals surface area contributed by atoms with E-state index in [1.807, 2.05) is 0 Å². The highest BCUT2D eigenvalue weighted by Gasteiger charge is 2.17. The van der Waals surface area contributed by atoms with Crippen LogP contribution in [0.4, 0.5) is 4.39 Å². The lowest BCUT2D eigenvalue weighted by Crippen LogP contribution is -2.04. The molecule has 86 valence electrons. The number of carbonyl (C=O) groups is 1. The first-order valence-electron chi connectivity index (χ1n) is 4.84. The second kappa shape index (κ2) is 4.98. The molecule has 0 spiro atoms. The molecule has 0 N–H and O–H groups in total. The first-order chi connectivity index (χ1) is 8.09. The molecule has 0 unspecified atom stereocenters. The number of hydrogen-bond acceptors (Lipinski definition) is 1. The average molecular weight is 314 g/mol. The fourth-order valence-corrected chi connectivity index (χ4v) is 2.28. The van der Waals surface area contributed by atoms with Crippen LogP contribution in [-0.2, 0) is 0 Å². The van der Waals surface area contributed by atoms with E-state index in [2.05, 4.69) is 15.9 Å². The van der Waals surface area contributed by atoms with Gasteiger partial charge in [0.2, 0.25) is 0 Å². The zero-order chi connectivity index (χ0) is 12.4. The number of carbonyl (C=O) groups excluding carboxylic acids is 1. The number of hydrogen-bond donors (Lipinski definition) is 0. The van der Waals surface area contributed by atoms with Crippen LogP contribution in [0.2, 0.25) is 5.02 Å². The predicted molar refractivity (Wildman–Crippen MR) is 69.0 cm³/mol. The normalized spacial score (nSPS) is 10.3. The molecular formula is C13H7BrClFO. The molecule has 0 atom stereocenters. The van der Waals surface area contributed by atoms with Gasteiger partial charge in [0.25, 0.3) is 0 Å². The molecule has 0 saturated carbocycles. The fraction of sp³-hybridized carbons (Fsp3) is 0. The largest absolute Gasteiger partial charge is 0.288 e. The van der Waals surface area contributed by atoms with Crippen LogP contribution in [0, 0.1) is 5.82 Å². The first-order valence-corrected chi connectivity index (χ1v) is 6.01. The van der Waals surface area contributed by atoms with Gasteiger partial charge >= 0.3 is 0 Å². The van der Waals surface area contributed by atoms with Gasteiger partial charge in [-0.05, 0) is 12.1 Å². The zero-order valence-electron chi connectivity index (χ0n) is 8.58. The van der Waals surface area contributed by atoms with Crippen molar-refractivity contribution in [2.75, 3.05) is 0 Å². The summed E-state index contributed by atoms with van der Waals surface area (Å²) in [6, 6.07) is 11.4. The average Bonchev–Trinajstić information content (AvgIpc) is 2.34. The van der Waals surface area contributed by atoms with Crippen LogP contribution >= 0.6 is 27.5 Å². The summed E-state index contributed by atoms with van der Waals surface area (Å²) in [6.45, 7) is 0. The van der Waals surface area contributed by atoms with Gasteiger partial charge in [0.1, 0.15) is 0 Å². The number of halogens is 3. The summed E-state index contributed by atoms with van der Waals surface area (Å²) in [5.74, 6) is -1.07. The maximum Gasteiger partial charge on any atom is 0.196 e. The molecule has 0 saturated heterocycles. The standard InChI is InChI=1S/C13H7BrClFO/c14-9-6-10(12(16)11(15)7-9)13(17)8-4-2-1-3-5-8/h1-7H. The lowest BCUT2D eigenvalue weighted by molar-refractivity contribution is 0.103. The maximum absolute atomic E-state index is 13.7. The van der Waals surface area contributed by atoms with Crippen molar-refractivity contribution < 1.29 is 9.18 Å². The van der Waals surface area contributed by atoms with Crippen LogP contribution in [0.25, 0.3) is 0 Å². The Balaban J connectivity index is 2.52. The van der Waals surface area contributed by atoms with Crippen LogP contribution in [0.1, 0.15) is 15.9 Å². The highest BCUT2D eigenvalue weighted by Crippen LogP contribution is 2.25.